The number of rotatable bonds is 9. The van der Waals surface area contributed by atoms with Crippen molar-refractivity contribution < 1.29 is 9.90 Å². The fourth-order valence-electron chi connectivity index (χ4n) is 3.36. The number of hydrogen-bond donors (Lipinski definition) is 5. The van der Waals surface area contributed by atoms with Crippen molar-refractivity contribution in [2.75, 3.05) is 35.8 Å². The van der Waals surface area contributed by atoms with E-state index in [0.717, 1.165) is 22.5 Å². The number of carbonyl (C=O) groups is 1. The minimum absolute atomic E-state index is 0.0177. The number of urea groups is 1. The van der Waals surface area contributed by atoms with Gasteiger partial charge in [-0.2, -0.15) is 0 Å². The average molecular weight is 428 g/mol. The number of aryl methyl sites for hydroxylation is 2. The van der Waals surface area contributed by atoms with Gasteiger partial charge in [0.2, 0.25) is 0 Å². The van der Waals surface area contributed by atoms with Gasteiger partial charge in [-0.15, -0.1) is 0 Å². The number of hydrazine groups is 1. The van der Waals surface area contributed by atoms with E-state index in [1.807, 2.05) is 19.9 Å². The number of nitrogens with one attached hydrogen (secondary N) is 4. The zero-order valence-corrected chi connectivity index (χ0v) is 19.1. The fraction of sp³-hybridized carbons (Fsp3) is 0.455. The molecule has 2 amide bonds. The molecule has 2 aromatic heterocycles. The molecule has 0 aliphatic heterocycles. The number of hydrogen-bond acceptors (Lipinski definition) is 7. The van der Waals surface area contributed by atoms with Gasteiger partial charge in [-0.05, 0) is 56.9 Å². The topological polar surface area (TPSA) is 126 Å². The van der Waals surface area contributed by atoms with Crippen LogP contribution in [0.2, 0.25) is 0 Å². The molecule has 0 unspecified atom stereocenters. The Hall–Kier alpha value is -3.20. The summed E-state index contributed by atoms with van der Waals surface area (Å²) in [4.78, 5) is 21.7. The van der Waals surface area contributed by atoms with E-state index in [4.69, 9.17) is 5.41 Å². The minimum Gasteiger partial charge on any atom is -0.396 e. The van der Waals surface area contributed by atoms with Gasteiger partial charge in [-0.3, -0.25) is 9.99 Å². The van der Waals surface area contributed by atoms with Crippen LogP contribution in [0.4, 0.5) is 22.1 Å². The monoisotopic (exact) mass is 427 g/mol. The number of pyridine rings is 2. The number of amides is 2. The van der Waals surface area contributed by atoms with Crippen molar-refractivity contribution in [2.45, 2.75) is 47.0 Å². The first-order chi connectivity index (χ1) is 14.7. The SMILES string of the molecule is CNc1nc(N(CCCO)NC(=O)Nc2cc(C)nc(C)c2)cc(C(C)C)c1C(C)=N. The second kappa shape index (κ2) is 10.7. The van der Waals surface area contributed by atoms with Gasteiger partial charge < -0.3 is 21.1 Å². The summed E-state index contributed by atoms with van der Waals surface area (Å²) in [6.45, 7) is 9.93. The third-order valence-corrected chi connectivity index (χ3v) is 4.66. The molecule has 31 heavy (non-hydrogen) atoms. The van der Waals surface area contributed by atoms with Gasteiger partial charge in [0.25, 0.3) is 0 Å². The lowest BCUT2D eigenvalue weighted by Crippen LogP contribution is -2.46. The molecule has 0 saturated carbocycles. The van der Waals surface area contributed by atoms with Crippen LogP contribution in [0.3, 0.4) is 0 Å². The number of carbonyl (C=O) groups excluding carboxylic acids is 1. The van der Waals surface area contributed by atoms with Gasteiger partial charge in [0, 0.05) is 48.5 Å². The summed E-state index contributed by atoms with van der Waals surface area (Å²) >= 11 is 0. The van der Waals surface area contributed by atoms with E-state index in [9.17, 15) is 9.90 Å². The lowest BCUT2D eigenvalue weighted by atomic mass is 9.95. The van der Waals surface area contributed by atoms with Gasteiger partial charge in [-0.25, -0.2) is 15.2 Å². The molecule has 2 rings (SSSR count). The predicted molar refractivity (Wildman–Crippen MR) is 125 cm³/mol. The van der Waals surface area contributed by atoms with E-state index < -0.39 is 6.03 Å². The standard InChI is InChI=1S/C22H33N7O2/c1-13(2)18-12-19(27-21(24-6)20(18)16(5)23)29(8-7-9-30)28-22(31)26-17-10-14(3)25-15(4)11-17/h10-13,23,30H,7-9H2,1-6H3,(H,24,27)(H2,25,26,28,31). The molecular formula is C22H33N7O2. The largest absolute Gasteiger partial charge is 0.396 e. The first kappa shape index (κ1) is 24.1. The molecule has 168 valence electrons. The molecular weight excluding hydrogens is 394 g/mol. The smallest absolute Gasteiger partial charge is 0.338 e. The van der Waals surface area contributed by atoms with Crippen LogP contribution in [0.5, 0.6) is 0 Å². The number of anilines is 3. The highest BCUT2D eigenvalue weighted by molar-refractivity contribution is 6.02. The summed E-state index contributed by atoms with van der Waals surface area (Å²) in [5.74, 6) is 1.26. The number of aliphatic hydroxyl groups excluding tert-OH is 1. The van der Waals surface area contributed by atoms with E-state index in [1.165, 1.54) is 0 Å². The van der Waals surface area contributed by atoms with Crippen molar-refractivity contribution in [3.63, 3.8) is 0 Å². The Kier molecular flexibility index (Phi) is 8.32. The third-order valence-electron chi connectivity index (χ3n) is 4.66. The van der Waals surface area contributed by atoms with Gasteiger partial charge in [-0.1, -0.05) is 13.8 Å². The Bertz CT molecular complexity index is 923. The molecule has 0 aliphatic rings. The average Bonchev–Trinajstić information content (AvgIpc) is 2.68. The Morgan fingerprint density at radius 1 is 1.19 bits per heavy atom. The second-order valence-electron chi connectivity index (χ2n) is 7.76. The van der Waals surface area contributed by atoms with Crippen LogP contribution < -0.4 is 21.1 Å². The highest BCUT2D eigenvalue weighted by atomic mass is 16.3. The lowest BCUT2D eigenvalue weighted by Gasteiger charge is -2.27. The van der Waals surface area contributed by atoms with Crippen molar-refractivity contribution in [1.29, 1.82) is 5.41 Å². The van der Waals surface area contributed by atoms with Gasteiger partial charge in [0.05, 0.1) is 0 Å². The van der Waals surface area contributed by atoms with Crippen molar-refractivity contribution in [1.82, 2.24) is 15.4 Å². The van der Waals surface area contributed by atoms with Crippen LogP contribution in [0, 0.1) is 19.3 Å². The Labute approximate surface area is 183 Å². The number of aromatic nitrogens is 2. The summed E-state index contributed by atoms with van der Waals surface area (Å²) in [6, 6.07) is 5.05. The molecule has 0 fully saturated rings. The van der Waals surface area contributed by atoms with Crippen LogP contribution in [-0.2, 0) is 0 Å². The summed E-state index contributed by atoms with van der Waals surface area (Å²) in [6.07, 6.45) is 0.451. The van der Waals surface area contributed by atoms with Gasteiger partial charge in [0.1, 0.15) is 11.6 Å². The summed E-state index contributed by atoms with van der Waals surface area (Å²) in [7, 11) is 1.76. The highest BCUT2D eigenvalue weighted by Crippen LogP contribution is 2.29. The van der Waals surface area contributed by atoms with E-state index in [1.54, 1.807) is 31.1 Å². The van der Waals surface area contributed by atoms with E-state index >= 15 is 0 Å². The van der Waals surface area contributed by atoms with Gasteiger partial charge >= 0.3 is 6.03 Å². The second-order valence-corrected chi connectivity index (χ2v) is 7.76. The molecule has 0 saturated heterocycles. The lowest BCUT2D eigenvalue weighted by molar-refractivity contribution is 0.249. The van der Waals surface area contributed by atoms with E-state index in [0.29, 0.717) is 36.0 Å². The molecule has 0 bridgehead atoms. The van der Waals surface area contributed by atoms with Crippen molar-refractivity contribution in [2.24, 2.45) is 0 Å². The maximum atomic E-state index is 12.7. The van der Waals surface area contributed by atoms with Crippen molar-refractivity contribution in [3.05, 3.63) is 40.7 Å². The van der Waals surface area contributed by atoms with E-state index in [-0.39, 0.29) is 12.5 Å². The molecule has 2 heterocycles. The normalized spacial score (nSPS) is 10.7. The van der Waals surface area contributed by atoms with Crippen molar-refractivity contribution >= 4 is 29.1 Å². The molecule has 0 spiro atoms. The molecule has 9 heteroatoms. The summed E-state index contributed by atoms with van der Waals surface area (Å²) in [5.41, 5.74) is 7.23. The molecule has 0 atom stereocenters. The van der Waals surface area contributed by atoms with E-state index in [2.05, 4.69) is 39.9 Å². The molecule has 0 radical (unpaired) electrons. The first-order valence-electron chi connectivity index (χ1n) is 10.4. The first-order valence-corrected chi connectivity index (χ1v) is 10.4. The summed E-state index contributed by atoms with van der Waals surface area (Å²) < 4.78 is 0. The maximum absolute atomic E-state index is 12.7. The zero-order valence-electron chi connectivity index (χ0n) is 19.1. The quantitative estimate of drug-likeness (QED) is 0.308. The summed E-state index contributed by atoms with van der Waals surface area (Å²) in [5, 5.41) is 25.0. The predicted octanol–water partition coefficient (Wildman–Crippen LogP) is 3.57. The van der Waals surface area contributed by atoms with Crippen LogP contribution in [-0.4, -0.2) is 47.0 Å². The number of aliphatic hydroxyl groups is 1. The third kappa shape index (κ3) is 6.39. The Morgan fingerprint density at radius 3 is 2.35 bits per heavy atom. The number of nitrogens with zero attached hydrogens (tertiary/aromatic N) is 3. The van der Waals surface area contributed by atoms with Crippen LogP contribution in [0.1, 0.15) is 55.6 Å². The van der Waals surface area contributed by atoms with Crippen LogP contribution >= 0.6 is 0 Å². The molecule has 0 aliphatic carbocycles. The fourth-order valence-corrected chi connectivity index (χ4v) is 3.36. The van der Waals surface area contributed by atoms with Crippen molar-refractivity contribution in [3.8, 4) is 0 Å². The molecule has 2 aromatic rings. The minimum atomic E-state index is -0.422. The molecule has 5 N–H and O–H groups in total. The van der Waals surface area contributed by atoms with Crippen LogP contribution in [0.15, 0.2) is 18.2 Å². The zero-order chi connectivity index (χ0) is 23.1. The Morgan fingerprint density at radius 2 is 1.84 bits per heavy atom. The molecule has 9 nitrogen and oxygen atoms in total. The van der Waals surface area contributed by atoms with Gasteiger partial charge in [0.15, 0.2) is 0 Å². The highest BCUT2D eigenvalue weighted by Gasteiger charge is 2.20. The maximum Gasteiger partial charge on any atom is 0.338 e. The Balaban J connectivity index is 2.37. The van der Waals surface area contributed by atoms with Crippen LogP contribution in [0.25, 0.3) is 0 Å². The molecule has 0 aromatic carbocycles.